The number of likely N-dealkylation sites (N-methyl/N-ethyl adjacent to an activating group) is 1. The number of methoxy groups -OCH3 is 1. The summed E-state index contributed by atoms with van der Waals surface area (Å²) in [7, 11) is -0.867. The van der Waals surface area contributed by atoms with Crippen molar-refractivity contribution in [1.82, 2.24) is 4.31 Å². The molecule has 0 fully saturated rings. The number of hydrogen-bond donors (Lipinski definition) is 1. The molecule has 24 heavy (non-hydrogen) atoms. The van der Waals surface area contributed by atoms with Gasteiger partial charge in [-0.3, -0.25) is 4.79 Å². The first-order valence-electron chi connectivity index (χ1n) is 7.30. The first-order chi connectivity index (χ1) is 11.3. The van der Waals surface area contributed by atoms with Crippen LogP contribution in [0.2, 0.25) is 0 Å². The molecule has 1 N–H and O–H groups in total. The third-order valence-corrected chi connectivity index (χ3v) is 5.29. The van der Waals surface area contributed by atoms with E-state index < -0.39 is 15.9 Å². The van der Waals surface area contributed by atoms with E-state index in [2.05, 4.69) is 5.32 Å². The number of ether oxygens (including phenoxy) is 1. The number of aryl methyl sites for hydroxylation is 1. The zero-order valence-electron chi connectivity index (χ0n) is 13.8. The van der Waals surface area contributed by atoms with Crippen LogP contribution < -0.4 is 10.1 Å². The minimum Gasteiger partial charge on any atom is -0.497 e. The standard InChI is InChI=1S/C17H20N2O4S/c1-13-4-6-14(7-5-13)18-17(20)12-19(2)24(21,22)16-10-8-15(23-3)9-11-16/h4-11H,12H2,1-3H3,(H,18,20). The predicted octanol–water partition coefficient (Wildman–Crippen LogP) is 2.26. The summed E-state index contributed by atoms with van der Waals surface area (Å²) in [6.07, 6.45) is 0. The maximum Gasteiger partial charge on any atom is 0.243 e. The summed E-state index contributed by atoms with van der Waals surface area (Å²) in [4.78, 5) is 12.2. The van der Waals surface area contributed by atoms with Gasteiger partial charge in [-0.05, 0) is 43.3 Å². The molecule has 2 aromatic rings. The number of anilines is 1. The number of rotatable bonds is 6. The molecule has 7 heteroatoms. The lowest BCUT2D eigenvalue weighted by atomic mass is 10.2. The summed E-state index contributed by atoms with van der Waals surface area (Å²) >= 11 is 0. The van der Waals surface area contributed by atoms with Crippen LogP contribution in [0.15, 0.2) is 53.4 Å². The number of nitrogens with zero attached hydrogens (tertiary/aromatic N) is 1. The molecule has 0 bridgehead atoms. The van der Waals surface area contributed by atoms with E-state index in [-0.39, 0.29) is 11.4 Å². The first-order valence-corrected chi connectivity index (χ1v) is 8.74. The Labute approximate surface area is 142 Å². The Bertz CT molecular complexity index is 799. The van der Waals surface area contributed by atoms with Gasteiger partial charge >= 0.3 is 0 Å². The lowest BCUT2D eigenvalue weighted by molar-refractivity contribution is -0.116. The Hall–Kier alpha value is -2.38. The fourth-order valence-corrected chi connectivity index (χ4v) is 3.18. The van der Waals surface area contributed by atoms with Gasteiger partial charge in [-0.2, -0.15) is 4.31 Å². The van der Waals surface area contributed by atoms with Crippen LogP contribution in [0.5, 0.6) is 5.75 Å². The van der Waals surface area contributed by atoms with Gasteiger partial charge < -0.3 is 10.1 Å². The summed E-state index contributed by atoms with van der Waals surface area (Å²) in [6, 6.07) is 13.3. The fraction of sp³-hybridized carbons (Fsp3) is 0.235. The highest BCUT2D eigenvalue weighted by molar-refractivity contribution is 7.89. The van der Waals surface area contributed by atoms with Crippen molar-refractivity contribution in [2.24, 2.45) is 0 Å². The van der Waals surface area contributed by atoms with E-state index in [1.807, 2.05) is 19.1 Å². The van der Waals surface area contributed by atoms with Crippen LogP contribution in [0.3, 0.4) is 0 Å². The molecular formula is C17H20N2O4S. The van der Waals surface area contributed by atoms with Gasteiger partial charge in [0.05, 0.1) is 18.6 Å². The Morgan fingerprint density at radius 1 is 1.08 bits per heavy atom. The van der Waals surface area contributed by atoms with Crippen molar-refractivity contribution in [3.05, 3.63) is 54.1 Å². The summed E-state index contributed by atoms with van der Waals surface area (Å²) in [5, 5.41) is 2.68. The second-order valence-corrected chi connectivity index (χ2v) is 7.40. The maximum atomic E-state index is 12.5. The third kappa shape index (κ3) is 4.33. The van der Waals surface area contributed by atoms with Gasteiger partial charge in [-0.25, -0.2) is 8.42 Å². The van der Waals surface area contributed by atoms with E-state index in [9.17, 15) is 13.2 Å². The SMILES string of the molecule is COc1ccc(S(=O)(=O)N(C)CC(=O)Nc2ccc(C)cc2)cc1. The molecular weight excluding hydrogens is 328 g/mol. The highest BCUT2D eigenvalue weighted by Gasteiger charge is 2.23. The Morgan fingerprint density at radius 2 is 1.67 bits per heavy atom. The molecule has 1 amide bonds. The lowest BCUT2D eigenvalue weighted by Crippen LogP contribution is -2.34. The third-order valence-electron chi connectivity index (χ3n) is 3.47. The van der Waals surface area contributed by atoms with Crippen molar-refractivity contribution in [3.8, 4) is 5.75 Å². The Balaban J connectivity index is 2.05. The largest absolute Gasteiger partial charge is 0.497 e. The van der Waals surface area contributed by atoms with Crippen LogP contribution in [-0.2, 0) is 14.8 Å². The second kappa shape index (κ2) is 7.46. The summed E-state index contributed by atoms with van der Waals surface area (Å²) in [5.41, 5.74) is 1.70. The monoisotopic (exact) mass is 348 g/mol. The molecule has 0 saturated carbocycles. The van der Waals surface area contributed by atoms with Crippen molar-refractivity contribution < 1.29 is 17.9 Å². The van der Waals surface area contributed by atoms with E-state index in [0.29, 0.717) is 11.4 Å². The molecule has 0 atom stereocenters. The molecule has 6 nitrogen and oxygen atoms in total. The number of benzene rings is 2. The highest BCUT2D eigenvalue weighted by Crippen LogP contribution is 2.18. The van der Waals surface area contributed by atoms with Crippen molar-refractivity contribution in [3.63, 3.8) is 0 Å². The molecule has 128 valence electrons. The molecule has 0 aromatic heterocycles. The van der Waals surface area contributed by atoms with Gasteiger partial charge in [0.15, 0.2) is 0 Å². The lowest BCUT2D eigenvalue weighted by Gasteiger charge is -2.17. The number of hydrogen-bond acceptors (Lipinski definition) is 4. The fourth-order valence-electron chi connectivity index (χ4n) is 2.05. The van der Waals surface area contributed by atoms with Crippen LogP contribution >= 0.6 is 0 Å². The van der Waals surface area contributed by atoms with Crippen molar-refractivity contribution in [2.75, 3.05) is 26.0 Å². The van der Waals surface area contributed by atoms with E-state index >= 15 is 0 Å². The molecule has 2 rings (SSSR count). The van der Waals surface area contributed by atoms with Crippen molar-refractivity contribution >= 4 is 21.6 Å². The predicted molar refractivity (Wildman–Crippen MR) is 92.6 cm³/mol. The molecule has 0 aliphatic rings. The Morgan fingerprint density at radius 3 is 2.21 bits per heavy atom. The number of amides is 1. The molecule has 0 radical (unpaired) electrons. The van der Waals surface area contributed by atoms with E-state index in [1.54, 1.807) is 24.3 Å². The number of carbonyl (C=O) groups excluding carboxylic acids is 1. The number of nitrogens with one attached hydrogen (secondary N) is 1. The van der Waals surface area contributed by atoms with Crippen molar-refractivity contribution in [2.45, 2.75) is 11.8 Å². The van der Waals surface area contributed by atoms with Crippen LogP contribution in [0.4, 0.5) is 5.69 Å². The quantitative estimate of drug-likeness (QED) is 0.869. The molecule has 0 aliphatic carbocycles. The van der Waals surface area contributed by atoms with E-state index in [0.717, 1.165) is 9.87 Å². The molecule has 0 heterocycles. The van der Waals surface area contributed by atoms with Gasteiger partial charge in [-0.15, -0.1) is 0 Å². The Kier molecular flexibility index (Phi) is 5.58. The minimum absolute atomic E-state index is 0.105. The van der Waals surface area contributed by atoms with Gasteiger partial charge in [0.1, 0.15) is 5.75 Å². The topological polar surface area (TPSA) is 75.7 Å². The maximum absolute atomic E-state index is 12.5. The smallest absolute Gasteiger partial charge is 0.243 e. The van der Waals surface area contributed by atoms with Crippen LogP contribution in [0, 0.1) is 6.92 Å². The molecule has 0 saturated heterocycles. The highest BCUT2D eigenvalue weighted by atomic mass is 32.2. The normalized spacial score (nSPS) is 11.3. The average Bonchev–Trinajstić information content (AvgIpc) is 2.57. The second-order valence-electron chi connectivity index (χ2n) is 5.35. The zero-order chi connectivity index (χ0) is 17.7. The molecule has 0 aliphatic heterocycles. The molecule has 0 unspecified atom stereocenters. The van der Waals surface area contributed by atoms with Crippen molar-refractivity contribution in [1.29, 1.82) is 0 Å². The average molecular weight is 348 g/mol. The van der Waals surface area contributed by atoms with Gasteiger partial charge in [0, 0.05) is 12.7 Å². The van der Waals surface area contributed by atoms with Crippen LogP contribution in [-0.4, -0.2) is 39.3 Å². The van der Waals surface area contributed by atoms with Gasteiger partial charge in [-0.1, -0.05) is 17.7 Å². The number of sulfonamides is 1. The minimum atomic E-state index is -3.74. The summed E-state index contributed by atoms with van der Waals surface area (Å²) < 4.78 is 31.0. The summed E-state index contributed by atoms with van der Waals surface area (Å²) in [6.45, 7) is 1.67. The van der Waals surface area contributed by atoms with Crippen LogP contribution in [0.25, 0.3) is 0 Å². The van der Waals surface area contributed by atoms with E-state index in [1.165, 1.54) is 26.3 Å². The molecule has 2 aromatic carbocycles. The number of carbonyl (C=O) groups is 1. The van der Waals surface area contributed by atoms with E-state index in [4.69, 9.17) is 4.74 Å². The molecule has 0 spiro atoms. The summed E-state index contributed by atoms with van der Waals surface area (Å²) in [5.74, 6) is 0.159. The van der Waals surface area contributed by atoms with Crippen LogP contribution in [0.1, 0.15) is 5.56 Å². The van der Waals surface area contributed by atoms with Gasteiger partial charge in [0.25, 0.3) is 0 Å². The van der Waals surface area contributed by atoms with Gasteiger partial charge in [0.2, 0.25) is 15.9 Å². The zero-order valence-corrected chi connectivity index (χ0v) is 14.6. The first kappa shape index (κ1) is 18.0.